The highest BCUT2D eigenvalue weighted by Crippen LogP contribution is 2.33. The molecule has 0 aliphatic carbocycles. The minimum atomic E-state index is -4.47. The van der Waals surface area contributed by atoms with Gasteiger partial charge >= 0.3 is 6.18 Å². The van der Waals surface area contributed by atoms with Gasteiger partial charge in [-0.1, -0.05) is 18.2 Å². The number of nitrogens with zero attached hydrogens (tertiary/aromatic N) is 4. The summed E-state index contributed by atoms with van der Waals surface area (Å²) in [5.74, 6) is -0.409. The number of hydrogen-bond donors (Lipinski definition) is 1. The zero-order chi connectivity index (χ0) is 22.9. The van der Waals surface area contributed by atoms with E-state index in [4.69, 9.17) is 0 Å². The topological polar surface area (TPSA) is 64.7 Å². The van der Waals surface area contributed by atoms with Gasteiger partial charge in [-0.3, -0.25) is 4.79 Å². The Kier molecular flexibility index (Phi) is 5.79. The van der Waals surface area contributed by atoms with Crippen LogP contribution >= 0.6 is 11.8 Å². The first kappa shape index (κ1) is 21.7. The molecule has 0 radical (unpaired) electrons. The van der Waals surface area contributed by atoms with E-state index >= 15 is 0 Å². The molecule has 6 nitrogen and oxygen atoms in total. The van der Waals surface area contributed by atoms with Gasteiger partial charge in [-0.15, -0.1) is 0 Å². The number of alkyl halides is 3. The van der Waals surface area contributed by atoms with Crippen LogP contribution in [0.15, 0.2) is 77.2 Å². The molecular formula is C22H18F3N5OS. The predicted octanol–water partition coefficient (Wildman–Crippen LogP) is 5.34. The van der Waals surface area contributed by atoms with Crippen molar-refractivity contribution in [3.05, 3.63) is 83.9 Å². The Balaban J connectivity index is 1.59. The number of carbonyl (C=O) groups excluding carboxylic acids is 1. The number of amides is 1. The van der Waals surface area contributed by atoms with E-state index in [1.54, 1.807) is 25.3 Å². The fourth-order valence-electron chi connectivity index (χ4n) is 3.10. The molecule has 0 saturated heterocycles. The van der Waals surface area contributed by atoms with Gasteiger partial charge in [0.25, 0.3) is 5.91 Å². The SMILES string of the molecule is Cc1c(C(=O)Nc2ccccc2Sc2nccn2C)cnn1-c1cccc(C(F)(F)F)c1. The first-order valence-corrected chi connectivity index (χ1v) is 10.3. The Morgan fingerprint density at radius 2 is 1.91 bits per heavy atom. The van der Waals surface area contributed by atoms with Crippen molar-refractivity contribution < 1.29 is 18.0 Å². The average molecular weight is 457 g/mol. The van der Waals surface area contributed by atoms with Gasteiger partial charge in [-0.05, 0) is 49.0 Å². The third-order valence-electron chi connectivity index (χ3n) is 4.79. The van der Waals surface area contributed by atoms with Gasteiger partial charge < -0.3 is 9.88 Å². The van der Waals surface area contributed by atoms with Crippen molar-refractivity contribution in [1.29, 1.82) is 0 Å². The lowest BCUT2D eigenvalue weighted by Gasteiger charge is -2.11. The van der Waals surface area contributed by atoms with E-state index in [0.29, 0.717) is 11.4 Å². The summed E-state index contributed by atoms with van der Waals surface area (Å²) in [6.07, 6.45) is 0.398. The summed E-state index contributed by atoms with van der Waals surface area (Å²) in [6.45, 7) is 1.64. The number of aromatic nitrogens is 4. The minimum Gasteiger partial charge on any atom is -0.329 e. The lowest BCUT2D eigenvalue weighted by Crippen LogP contribution is -2.14. The van der Waals surface area contributed by atoms with E-state index in [0.717, 1.165) is 22.2 Å². The zero-order valence-electron chi connectivity index (χ0n) is 17.1. The van der Waals surface area contributed by atoms with Crippen molar-refractivity contribution in [1.82, 2.24) is 19.3 Å². The maximum absolute atomic E-state index is 13.1. The lowest BCUT2D eigenvalue weighted by molar-refractivity contribution is -0.137. The van der Waals surface area contributed by atoms with Crippen LogP contribution in [0.4, 0.5) is 18.9 Å². The predicted molar refractivity (Wildman–Crippen MR) is 115 cm³/mol. The second kappa shape index (κ2) is 8.54. The highest BCUT2D eigenvalue weighted by Gasteiger charge is 2.30. The molecule has 2 heterocycles. The third kappa shape index (κ3) is 4.40. The molecule has 32 heavy (non-hydrogen) atoms. The Hall–Kier alpha value is -3.53. The Labute approximate surface area is 186 Å². The summed E-state index contributed by atoms with van der Waals surface area (Å²) in [5.41, 5.74) is 0.727. The third-order valence-corrected chi connectivity index (χ3v) is 5.94. The van der Waals surface area contributed by atoms with Crippen molar-refractivity contribution in [3.8, 4) is 5.69 Å². The summed E-state index contributed by atoms with van der Waals surface area (Å²) in [5, 5.41) is 7.77. The number of nitrogens with one attached hydrogen (secondary N) is 1. The quantitative estimate of drug-likeness (QED) is 0.440. The van der Waals surface area contributed by atoms with Crippen molar-refractivity contribution in [2.45, 2.75) is 23.2 Å². The van der Waals surface area contributed by atoms with E-state index in [2.05, 4.69) is 15.4 Å². The first-order chi connectivity index (χ1) is 15.2. The lowest BCUT2D eigenvalue weighted by atomic mass is 10.2. The molecule has 1 N–H and O–H groups in total. The zero-order valence-corrected chi connectivity index (χ0v) is 17.9. The molecule has 164 valence electrons. The number of para-hydroxylation sites is 1. The molecule has 0 unspecified atom stereocenters. The highest BCUT2D eigenvalue weighted by molar-refractivity contribution is 7.99. The normalized spacial score (nSPS) is 11.5. The van der Waals surface area contributed by atoms with Gasteiger partial charge in [0, 0.05) is 24.3 Å². The number of benzene rings is 2. The molecule has 1 amide bonds. The second-order valence-electron chi connectivity index (χ2n) is 6.98. The number of hydrogen-bond acceptors (Lipinski definition) is 4. The van der Waals surface area contributed by atoms with Crippen LogP contribution in [0.25, 0.3) is 5.69 Å². The fraction of sp³-hybridized carbons (Fsp3) is 0.136. The Bertz CT molecular complexity index is 1280. The standard InChI is InChI=1S/C22H18F3N5OS/c1-14-17(13-27-30(14)16-7-5-6-15(12-16)22(23,24)25)20(31)28-18-8-3-4-9-19(18)32-21-26-10-11-29(21)2/h3-13H,1-2H3,(H,28,31). The molecule has 4 rings (SSSR count). The van der Waals surface area contributed by atoms with Crippen LogP contribution in [0.5, 0.6) is 0 Å². The molecule has 0 atom stereocenters. The van der Waals surface area contributed by atoms with E-state index < -0.39 is 17.6 Å². The van der Waals surface area contributed by atoms with E-state index in [9.17, 15) is 18.0 Å². The Morgan fingerprint density at radius 3 is 2.62 bits per heavy atom. The van der Waals surface area contributed by atoms with Gasteiger partial charge in [-0.25, -0.2) is 9.67 Å². The fourth-order valence-corrected chi connectivity index (χ4v) is 3.99. The monoisotopic (exact) mass is 457 g/mol. The van der Waals surface area contributed by atoms with Gasteiger partial charge in [0.1, 0.15) is 0 Å². The van der Waals surface area contributed by atoms with Crippen LogP contribution in [-0.2, 0) is 13.2 Å². The van der Waals surface area contributed by atoms with Gasteiger partial charge in [0.15, 0.2) is 5.16 Å². The van der Waals surface area contributed by atoms with Crippen molar-refractivity contribution in [3.63, 3.8) is 0 Å². The van der Waals surface area contributed by atoms with Gasteiger partial charge in [0.2, 0.25) is 0 Å². The maximum Gasteiger partial charge on any atom is 0.416 e. The molecule has 2 aromatic heterocycles. The molecule has 0 fully saturated rings. The Morgan fingerprint density at radius 1 is 1.12 bits per heavy atom. The minimum absolute atomic E-state index is 0.224. The highest BCUT2D eigenvalue weighted by atomic mass is 32.2. The van der Waals surface area contributed by atoms with Crippen molar-refractivity contribution in [2.24, 2.45) is 7.05 Å². The van der Waals surface area contributed by atoms with Crippen LogP contribution < -0.4 is 5.32 Å². The molecule has 0 bridgehead atoms. The molecule has 0 saturated carbocycles. The summed E-state index contributed by atoms with van der Waals surface area (Å²) in [7, 11) is 1.88. The van der Waals surface area contributed by atoms with Crippen molar-refractivity contribution in [2.75, 3.05) is 5.32 Å². The number of aryl methyl sites for hydroxylation is 1. The summed E-state index contributed by atoms with van der Waals surface area (Å²) in [4.78, 5) is 18.0. The molecule has 4 aromatic rings. The van der Waals surface area contributed by atoms with Gasteiger partial charge in [0.05, 0.1) is 34.4 Å². The van der Waals surface area contributed by atoms with Crippen LogP contribution in [0.1, 0.15) is 21.6 Å². The smallest absolute Gasteiger partial charge is 0.329 e. The number of carbonyl (C=O) groups is 1. The van der Waals surface area contributed by atoms with E-state index in [1.807, 2.05) is 29.9 Å². The summed E-state index contributed by atoms with van der Waals surface area (Å²) < 4.78 is 42.4. The molecule has 0 spiro atoms. The molecule has 2 aromatic carbocycles. The summed E-state index contributed by atoms with van der Waals surface area (Å²) >= 11 is 1.40. The van der Waals surface area contributed by atoms with Crippen molar-refractivity contribution >= 4 is 23.4 Å². The number of rotatable bonds is 5. The first-order valence-electron chi connectivity index (χ1n) is 9.52. The van der Waals surface area contributed by atoms with Gasteiger partial charge in [-0.2, -0.15) is 18.3 Å². The molecular weight excluding hydrogens is 439 g/mol. The molecule has 10 heteroatoms. The molecule has 0 aliphatic heterocycles. The maximum atomic E-state index is 13.1. The largest absolute Gasteiger partial charge is 0.416 e. The summed E-state index contributed by atoms with van der Waals surface area (Å²) in [6, 6.07) is 12.1. The number of imidazole rings is 1. The number of halogens is 3. The van der Waals surface area contributed by atoms with Crippen LogP contribution in [0.3, 0.4) is 0 Å². The second-order valence-corrected chi connectivity index (χ2v) is 7.99. The van der Waals surface area contributed by atoms with Crippen LogP contribution in [-0.4, -0.2) is 25.2 Å². The van der Waals surface area contributed by atoms with Crippen LogP contribution in [0, 0.1) is 6.92 Å². The number of anilines is 1. The molecule has 0 aliphatic rings. The van der Waals surface area contributed by atoms with E-state index in [1.165, 1.54) is 34.8 Å². The average Bonchev–Trinajstić information content (AvgIpc) is 3.34. The van der Waals surface area contributed by atoms with Crippen LogP contribution in [0.2, 0.25) is 0 Å². The van der Waals surface area contributed by atoms with E-state index in [-0.39, 0.29) is 11.3 Å².